The maximum atomic E-state index is 12.8. The van der Waals surface area contributed by atoms with E-state index in [1.807, 2.05) is 37.3 Å². The smallest absolute Gasteiger partial charge is 0.337 e. The van der Waals surface area contributed by atoms with Crippen molar-refractivity contribution in [3.05, 3.63) is 70.1 Å². The van der Waals surface area contributed by atoms with Crippen molar-refractivity contribution in [2.24, 2.45) is 0 Å². The summed E-state index contributed by atoms with van der Waals surface area (Å²) in [5.41, 5.74) is -1.61. The van der Waals surface area contributed by atoms with Crippen LogP contribution in [0.15, 0.2) is 53.5 Å². The molecule has 0 saturated heterocycles. The lowest BCUT2D eigenvalue weighted by Crippen LogP contribution is -2.37. The van der Waals surface area contributed by atoms with Gasteiger partial charge in [-0.05, 0) is 24.6 Å². The molecule has 0 radical (unpaired) electrons. The number of carbonyl (C=O) groups excluding carboxylic acids is 1. The van der Waals surface area contributed by atoms with Gasteiger partial charge in [0.1, 0.15) is 12.1 Å². The van der Waals surface area contributed by atoms with E-state index in [-0.39, 0.29) is 6.04 Å². The highest BCUT2D eigenvalue weighted by Gasteiger charge is 2.34. The lowest BCUT2D eigenvalue weighted by Gasteiger charge is -2.25. The molecule has 0 aliphatic carbocycles. The third-order valence-corrected chi connectivity index (χ3v) is 3.89. The molecule has 1 aromatic heterocycles. The van der Waals surface area contributed by atoms with Crippen LogP contribution in [0.2, 0.25) is 0 Å². The second kappa shape index (κ2) is 6.90. The summed E-state index contributed by atoms with van der Waals surface area (Å²) in [7, 11) is 1.55. The second-order valence-electron chi connectivity index (χ2n) is 5.44. The van der Waals surface area contributed by atoms with Gasteiger partial charge < -0.3 is 9.47 Å². The average molecular weight is 338 g/mol. The number of alkyl halides is 3. The molecule has 0 saturated carbocycles. The monoisotopic (exact) mass is 338 g/mol. The van der Waals surface area contributed by atoms with E-state index in [2.05, 4.69) is 0 Å². The molecule has 24 heavy (non-hydrogen) atoms. The van der Waals surface area contributed by atoms with Gasteiger partial charge in [-0.3, -0.25) is 9.59 Å². The first kappa shape index (κ1) is 17.8. The highest BCUT2D eigenvalue weighted by Crippen LogP contribution is 2.26. The fraction of sp³-hybridized carbons (Fsp3) is 0.294. The number of rotatable bonds is 4. The molecule has 1 atom stereocenters. The summed E-state index contributed by atoms with van der Waals surface area (Å²) in [6.07, 6.45) is -3.57. The Morgan fingerprint density at radius 3 is 2.38 bits per heavy atom. The molecule has 2 rings (SSSR count). The Morgan fingerprint density at radius 2 is 1.79 bits per heavy atom. The van der Waals surface area contributed by atoms with Crippen molar-refractivity contribution in [1.82, 2.24) is 9.47 Å². The molecule has 4 nitrogen and oxygen atoms in total. The molecule has 0 aliphatic heterocycles. The number of aromatic nitrogens is 1. The fourth-order valence-corrected chi connectivity index (χ4v) is 2.31. The van der Waals surface area contributed by atoms with Crippen LogP contribution in [0.4, 0.5) is 13.2 Å². The van der Waals surface area contributed by atoms with Gasteiger partial charge in [-0.25, -0.2) is 0 Å². The number of benzene rings is 1. The van der Waals surface area contributed by atoms with Crippen LogP contribution in [-0.4, -0.2) is 22.4 Å². The van der Waals surface area contributed by atoms with E-state index in [1.165, 1.54) is 11.1 Å². The number of pyridine rings is 1. The zero-order chi connectivity index (χ0) is 17.9. The molecule has 0 bridgehead atoms. The number of hydrogen-bond acceptors (Lipinski definition) is 2. The molecule has 0 spiro atoms. The van der Waals surface area contributed by atoms with E-state index >= 15 is 0 Å². The summed E-state index contributed by atoms with van der Waals surface area (Å²) in [4.78, 5) is 25.6. The summed E-state index contributed by atoms with van der Waals surface area (Å²) in [6.45, 7) is 1.36. The first-order valence-electron chi connectivity index (χ1n) is 7.29. The Bertz CT molecular complexity index is 769. The number of likely N-dealkylation sites (N-methyl/N-ethyl adjacent to an activating group) is 1. The van der Waals surface area contributed by atoms with Crippen molar-refractivity contribution < 1.29 is 18.0 Å². The molecular formula is C17H17F3N2O2. The summed E-state index contributed by atoms with van der Waals surface area (Å²) < 4.78 is 39.1. The largest absolute Gasteiger partial charge is 0.421 e. The molecule has 1 amide bonds. The maximum Gasteiger partial charge on any atom is 0.421 e. The molecular weight excluding hydrogens is 321 g/mol. The van der Waals surface area contributed by atoms with Crippen molar-refractivity contribution >= 4 is 5.91 Å². The Labute approximate surface area is 137 Å². The zero-order valence-electron chi connectivity index (χ0n) is 13.2. The van der Waals surface area contributed by atoms with Crippen LogP contribution in [0.1, 0.15) is 24.1 Å². The third kappa shape index (κ3) is 3.84. The summed E-state index contributed by atoms with van der Waals surface area (Å²) in [6, 6.07) is 10.8. The SMILES string of the molecule is CC(c1ccccc1)N(C)C(=O)Cn1cccc(C(F)(F)F)c1=O. The topological polar surface area (TPSA) is 42.3 Å². The zero-order valence-corrected chi connectivity index (χ0v) is 13.2. The van der Waals surface area contributed by atoms with Gasteiger partial charge in [-0.1, -0.05) is 30.3 Å². The van der Waals surface area contributed by atoms with Crippen LogP contribution in [0, 0.1) is 0 Å². The first-order valence-corrected chi connectivity index (χ1v) is 7.29. The van der Waals surface area contributed by atoms with Gasteiger partial charge >= 0.3 is 6.18 Å². The lowest BCUT2D eigenvalue weighted by molar-refractivity contribution is -0.139. The highest BCUT2D eigenvalue weighted by atomic mass is 19.4. The van der Waals surface area contributed by atoms with E-state index < -0.39 is 29.8 Å². The third-order valence-electron chi connectivity index (χ3n) is 3.89. The molecule has 2 aromatic rings. The number of hydrogen-bond donors (Lipinski definition) is 0. The molecule has 7 heteroatoms. The van der Waals surface area contributed by atoms with Gasteiger partial charge in [-0.2, -0.15) is 13.2 Å². The number of halogens is 3. The van der Waals surface area contributed by atoms with E-state index in [4.69, 9.17) is 0 Å². The van der Waals surface area contributed by atoms with Gasteiger partial charge in [0.2, 0.25) is 5.91 Å². The number of nitrogens with zero attached hydrogens (tertiary/aromatic N) is 2. The number of amides is 1. The van der Waals surface area contributed by atoms with Crippen molar-refractivity contribution in [2.75, 3.05) is 7.05 Å². The van der Waals surface area contributed by atoms with Crippen LogP contribution in [0.25, 0.3) is 0 Å². The van der Waals surface area contributed by atoms with Crippen molar-refractivity contribution in [1.29, 1.82) is 0 Å². The Morgan fingerprint density at radius 1 is 1.17 bits per heavy atom. The van der Waals surface area contributed by atoms with Crippen LogP contribution >= 0.6 is 0 Å². The average Bonchev–Trinajstić information content (AvgIpc) is 2.55. The molecule has 1 unspecified atom stereocenters. The van der Waals surface area contributed by atoms with Crippen LogP contribution in [0.3, 0.4) is 0 Å². The van der Waals surface area contributed by atoms with Crippen molar-refractivity contribution in [2.45, 2.75) is 25.7 Å². The summed E-state index contributed by atoms with van der Waals surface area (Å²) in [5, 5.41) is 0. The van der Waals surface area contributed by atoms with E-state index in [9.17, 15) is 22.8 Å². The predicted molar refractivity (Wildman–Crippen MR) is 83.3 cm³/mol. The van der Waals surface area contributed by atoms with Crippen LogP contribution in [-0.2, 0) is 17.5 Å². The van der Waals surface area contributed by atoms with E-state index in [0.717, 1.165) is 16.2 Å². The van der Waals surface area contributed by atoms with E-state index in [0.29, 0.717) is 6.07 Å². The summed E-state index contributed by atoms with van der Waals surface area (Å²) in [5.74, 6) is -0.451. The van der Waals surface area contributed by atoms with Gasteiger partial charge in [0.05, 0.1) is 6.04 Å². The minimum atomic E-state index is -4.74. The molecule has 0 N–H and O–H groups in total. The van der Waals surface area contributed by atoms with Crippen LogP contribution < -0.4 is 5.56 Å². The lowest BCUT2D eigenvalue weighted by atomic mass is 10.1. The molecule has 1 heterocycles. The fourth-order valence-electron chi connectivity index (χ4n) is 2.31. The Kier molecular flexibility index (Phi) is 5.11. The summed E-state index contributed by atoms with van der Waals surface area (Å²) >= 11 is 0. The second-order valence-corrected chi connectivity index (χ2v) is 5.44. The van der Waals surface area contributed by atoms with Gasteiger partial charge in [0, 0.05) is 13.2 Å². The minimum Gasteiger partial charge on any atom is -0.337 e. The predicted octanol–water partition coefficient (Wildman–Crippen LogP) is 3.09. The highest BCUT2D eigenvalue weighted by molar-refractivity contribution is 5.76. The molecule has 1 aromatic carbocycles. The van der Waals surface area contributed by atoms with Crippen molar-refractivity contribution in [3.8, 4) is 0 Å². The Hall–Kier alpha value is -2.57. The van der Waals surface area contributed by atoms with E-state index in [1.54, 1.807) is 7.05 Å². The standard InChI is InChI=1S/C17H17F3N2O2/c1-12(13-7-4-3-5-8-13)21(2)15(23)11-22-10-6-9-14(16(22)24)17(18,19)20/h3-10,12H,11H2,1-2H3. The Balaban J connectivity index is 2.20. The molecule has 0 aliphatic rings. The molecule has 0 fully saturated rings. The minimum absolute atomic E-state index is 0.264. The van der Waals surface area contributed by atoms with Crippen molar-refractivity contribution in [3.63, 3.8) is 0 Å². The first-order chi connectivity index (χ1) is 11.2. The maximum absolute atomic E-state index is 12.8. The van der Waals surface area contributed by atoms with Gasteiger partial charge in [0.25, 0.3) is 5.56 Å². The van der Waals surface area contributed by atoms with Gasteiger partial charge in [-0.15, -0.1) is 0 Å². The number of carbonyl (C=O) groups is 1. The normalized spacial score (nSPS) is 12.7. The van der Waals surface area contributed by atoms with Crippen LogP contribution in [0.5, 0.6) is 0 Å². The molecule has 128 valence electrons. The van der Waals surface area contributed by atoms with Gasteiger partial charge in [0.15, 0.2) is 0 Å². The quantitative estimate of drug-likeness (QED) is 0.860.